The van der Waals surface area contributed by atoms with E-state index in [4.69, 9.17) is 0 Å². The minimum absolute atomic E-state index is 0.0454. The molecule has 0 saturated heterocycles. The van der Waals surface area contributed by atoms with Gasteiger partial charge in [0.25, 0.3) is 5.56 Å². The maximum Gasteiger partial charge on any atom is 0.266 e. The molecule has 1 unspecified atom stereocenters. The molecule has 0 radical (unpaired) electrons. The summed E-state index contributed by atoms with van der Waals surface area (Å²) >= 11 is 1.13. The third-order valence-electron chi connectivity index (χ3n) is 5.90. The lowest BCUT2D eigenvalue weighted by Gasteiger charge is -2.15. The van der Waals surface area contributed by atoms with Crippen LogP contribution in [0, 0.1) is 0 Å². The van der Waals surface area contributed by atoms with Crippen LogP contribution >= 0.6 is 11.8 Å². The molecule has 0 spiro atoms. The van der Waals surface area contributed by atoms with Gasteiger partial charge in [-0.3, -0.25) is 24.3 Å². The number of nitrogens with zero attached hydrogens (tertiary/aromatic N) is 2. The molecule has 0 aliphatic rings. The number of hydrogen-bond donors (Lipinski definition) is 1. The molecule has 4 aromatic rings. The number of nitrogens with one attached hydrogen (secondary N) is 1. The van der Waals surface area contributed by atoms with Crippen LogP contribution in [0.5, 0.6) is 0 Å². The number of carbonyl (C=O) groups excluding carboxylic acids is 2. The summed E-state index contributed by atoms with van der Waals surface area (Å²) in [4.78, 5) is 42.8. The van der Waals surface area contributed by atoms with Crippen molar-refractivity contribution in [3.05, 3.63) is 100 Å². The van der Waals surface area contributed by atoms with Gasteiger partial charge in [0.1, 0.15) is 0 Å². The van der Waals surface area contributed by atoms with Gasteiger partial charge in [0.05, 0.1) is 28.8 Å². The fraction of sp³-hybridized carbons (Fsp3) is 0.214. The van der Waals surface area contributed by atoms with Gasteiger partial charge in [-0.25, -0.2) is 4.98 Å². The Balaban J connectivity index is 1.57. The van der Waals surface area contributed by atoms with E-state index in [1.54, 1.807) is 18.2 Å². The third kappa shape index (κ3) is 5.87. The van der Waals surface area contributed by atoms with E-state index < -0.39 is 5.91 Å². The zero-order valence-electron chi connectivity index (χ0n) is 19.7. The van der Waals surface area contributed by atoms with Crippen molar-refractivity contribution < 1.29 is 9.59 Å². The molecular formula is C28H27N3O3S. The van der Waals surface area contributed by atoms with Crippen LogP contribution in [0.4, 0.5) is 0 Å². The monoisotopic (exact) mass is 485 g/mol. The second kappa shape index (κ2) is 11.1. The molecule has 3 aromatic carbocycles. The molecule has 0 aliphatic carbocycles. The molecule has 35 heavy (non-hydrogen) atoms. The molecule has 6 nitrogen and oxygen atoms in total. The zero-order chi connectivity index (χ0) is 24.8. The van der Waals surface area contributed by atoms with Gasteiger partial charge in [-0.15, -0.1) is 0 Å². The highest BCUT2D eigenvalue weighted by atomic mass is 32.2. The van der Waals surface area contributed by atoms with Crippen LogP contribution in [0.1, 0.15) is 37.3 Å². The largest absolute Gasteiger partial charge is 0.295 e. The number of fused-ring (bicyclic) bond motifs is 1. The standard InChI is InChI=1S/C28H27N3O3S/c1-3-19(2)21-13-15-22(16-14-21)31-27(34)23-11-7-8-12-24(23)29-28(31)35-18-26(33)30-25(32)17-20-9-5-4-6-10-20/h4-16,19H,3,17-18H2,1-2H3,(H,30,32,33). The van der Waals surface area contributed by atoms with E-state index in [-0.39, 0.29) is 23.6 Å². The molecular weight excluding hydrogens is 458 g/mol. The Hall–Kier alpha value is -3.71. The molecule has 7 heteroatoms. The Morgan fingerprint density at radius 2 is 1.63 bits per heavy atom. The Kier molecular flexibility index (Phi) is 7.77. The van der Waals surface area contributed by atoms with E-state index in [1.165, 1.54) is 10.1 Å². The lowest BCUT2D eigenvalue weighted by atomic mass is 9.98. The highest BCUT2D eigenvalue weighted by Gasteiger charge is 2.16. The molecule has 1 N–H and O–H groups in total. The van der Waals surface area contributed by atoms with Crippen molar-refractivity contribution in [1.29, 1.82) is 0 Å². The second-order valence-electron chi connectivity index (χ2n) is 8.38. The summed E-state index contributed by atoms with van der Waals surface area (Å²) in [6, 6.07) is 24.3. The van der Waals surface area contributed by atoms with Crippen LogP contribution in [0.2, 0.25) is 0 Å². The van der Waals surface area contributed by atoms with Gasteiger partial charge in [-0.05, 0) is 47.7 Å². The molecule has 4 rings (SSSR count). The Morgan fingerprint density at radius 1 is 0.943 bits per heavy atom. The summed E-state index contributed by atoms with van der Waals surface area (Å²) < 4.78 is 1.53. The van der Waals surface area contributed by atoms with Crippen LogP contribution in [0.25, 0.3) is 16.6 Å². The lowest BCUT2D eigenvalue weighted by Crippen LogP contribution is -2.33. The van der Waals surface area contributed by atoms with E-state index in [2.05, 4.69) is 24.1 Å². The van der Waals surface area contributed by atoms with Crippen molar-refractivity contribution in [2.75, 3.05) is 5.75 Å². The number of carbonyl (C=O) groups is 2. The van der Waals surface area contributed by atoms with E-state index in [0.717, 1.165) is 23.7 Å². The summed E-state index contributed by atoms with van der Waals surface area (Å²) in [5, 5.41) is 3.33. The maximum absolute atomic E-state index is 13.4. The first-order valence-corrected chi connectivity index (χ1v) is 12.6. The zero-order valence-corrected chi connectivity index (χ0v) is 20.5. The number of rotatable bonds is 8. The second-order valence-corrected chi connectivity index (χ2v) is 9.32. The first-order chi connectivity index (χ1) is 17.0. The van der Waals surface area contributed by atoms with Gasteiger partial charge in [0, 0.05) is 0 Å². The number of benzene rings is 3. The minimum Gasteiger partial charge on any atom is -0.295 e. The van der Waals surface area contributed by atoms with Crippen molar-refractivity contribution in [2.24, 2.45) is 0 Å². The van der Waals surface area contributed by atoms with Crippen molar-refractivity contribution in [1.82, 2.24) is 14.9 Å². The third-order valence-corrected chi connectivity index (χ3v) is 6.83. The summed E-state index contributed by atoms with van der Waals surface area (Å²) in [5.41, 5.74) is 3.08. The molecule has 2 amide bonds. The average Bonchev–Trinajstić information content (AvgIpc) is 2.88. The number of amides is 2. The smallest absolute Gasteiger partial charge is 0.266 e. The van der Waals surface area contributed by atoms with Gasteiger partial charge in [-0.1, -0.05) is 80.2 Å². The summed E-state index contributed by atoms with van der Waals surface area (Å²) in [6.45, 7) is 4.30. The number of hydrogen-bond acceptors (Lipinski definition) is 5. The fourth-order valence-corrected chi connectivity index (χ4v) is 4.58. The van der Waals surface area contributed by atoms with Crippen molar-refractivity contribution in [3.8, 4) is 5.69 Å². The molecule has 1 atom stereocenters. The molecule has 0 aliphatic heterocycles. The SMILES string of the molecule is CCC(C)c1ccc(-n2c(SCC(=O)NC(=O)Cc3ccccc3)nc3ccccc3c2=O)cc1. The normalized spacial score (nSPS) is 11.8. The van der Waals surface area contributed by atoms with Gasteiger partial charge < -0.3 is 0 Å². The summed E-state index contributed by atoms with van der Waals surface area (Å²) in [7, 11) is 0. The topological polar surface area (TPSA) is 81.1 Å². The van der Waals surface area contributed by atoms with Crippen LogP contribution < -0.4 is 10.9 Å². The fourth-order valence-electron chi connectivity index (χ4n) is 3.77. The van der Waals surface area contributed by atoms with Crippen molar-refractivity contribution in [3.63, 3.8) is 0 Å². The highest BCUT2D eigenvalue weighted by Crippen LogP contribution is 2.24. The quantitative estimate of drug-likeness (QED) is 0.284. The predicted molar refractivity (Wildman–Crippen MR) is 140 cm³/mol. The molecule has 1 aromatic heterocycles. The first kappa shape index (κ1) is 24.4. The van der Waals surface area contributed by atoms with E-state index in [0.29, 0.717) is 27.7 Å². The highest BCUT2D eigenvalue weighted by molar-refractivity contribution is 7.99. The first-order valence-electron chi connectivity index (χ1n) is 11.6. The Bertz CT molecular complexity index is 1400. The van der Waals surface area contributed by atoms with Crippen LogP contribution in [0.15, 0.2) is 88.8 Å². The van der Waals surface area contributed by atoms with Gasteiger partial charge in [0.2, 0.25) is 11.8 Å². The molecule has 1 heterocycles. The number of thioether (sulfide) groups is 1. The molecule has 178 valence electrons. The van der Waals surface area contributed by atoms with Crippen LogP contribution in [-0.4, -0.2) is 27.1 Å². The summed E-state index contributed by atoms with van der Waals surface area (Å²) in [5.74, 6) is -0.430. The van der Waals surface area contributed by atoms with Crippen LogP contribution in [0.3, 0.4) is 0 Å². The summed E-state index contributed by atoms with van der Waals surface area (Å²) in [6.07, 6.45) is 1.15. The number of aromatic nitrogens is 2. The average molecular weight is 486 g/mol. The molecule has 0 bridgehead atoms. The Labute approximate surface area is 208 Å². The van der Waals surface area contributed by atoms with E-state index >= 15 is 0 Å². The lowest BCUT2D eigenvalue weighted by molar-refractivity contribution is -0.128. The molecule has 0 saturated carbocycles. The van der Waals surface area contributed by atoms with E-state index in [9.17, 15) is 14.4 Å². The van der Waals surface area contributed by atoms with Gasteiger partial charge in [-0.2, -0.15) is 0 Å². The number of para-hydroxylation sites is 1. The predicted octanol–water partition coefficient (Wildman–Crippen LogP) is 4.88. The Morgan fingerprint density at radius 3 is 2.34 bits per heavy atom. The van der Waals surface area contributed by atoms with Crippen LogP contribution in [-0.2, 0) is 16.0 Å². The number of imide groups is 1. The maximum atomic E-state index is 13.4. The van der Waals surface area contributed by atoms with Gasteiger partial charge in [0.15, 0.2) is 5.16 Å². The molecule has 0 fully saturated rings. The van der Waals surface area contributed by atoms with Gasteiger partial charge >= 0.3 is 0 Å². The minimum atomic E-state index is -0.433. The van der Waals surface area contributed by atoms with Crippen molar-refractivity contribution >= 4 is 34.5 Å². The van der Waals surface area contributed by atoms with E-state index in [1.807, 2.05) is 60.7 Å². The van der Waals surface area contributed by atoms with Crippen molar-refractivity contribution in [2.45, 2.75) is 37.8 Å².